The molecule has 2 fully saturated rings. The Kier molecular flexibility index (Phi) is 3.84. The molecule has 1 N–H and O–H groups in total. The third kappa shape index (κ3) is 2.85. The van der Waals surface area contributed by atoms with Gasteiger partial charge in [-0.15, -0.1) is 0 Å². The van der Waals surface area contributed by atoms with E-state index in [-0.39, 0.29) is 0 Å². The zero-order chi connectivity index (χ0) is 12.5. The Morgan fingerprint density at radius 1 is 1.24 bits per heavy atom. The van der Waals surface area contributed by atoms with Gasteiger partial charge in [-0.25, -0.2) is 0 Å². The lowest BCUT2D eigenvalue weighted by Crippen LogP contribution is -2.66. The lowest BCUT2D eigenvalue weighted by Gasteiger charge is -2.50. The highest BCUT2D eigenvalue weighted by Crippen LogP contribution is 2.36. The smallest absolute Gasteiger partial charge is 0.0309 e. The van der Waals surface area contributed by atoms with Crippen molar-refractivity contribution in [2.24, 2.45) is 5.41 Å². The van der Waals surface area contributed by atoms with Crippen LogP contribution in [0.5, 0.6) is 0 Å². The summed E-state index contributed by atoms with van der Waals surface area (Å²) in [5.41, 5.74) is 0.860. The molecule has 2 aliphatic rings. The predicted molar refractivity (Wildman–Crippen MR) is 74.3 cm³/mol. The van der Waals surface area contributed by atoms with Gasteiger partial charge in [0, 0.05) is 24.7 Å². The van der Waals surface area contributed by atoms with Crippen molar-refractivity contribution in [1.29, 1.82) is 0 Å². The molecule has 100 valence electrons. The van der Waals surface area contributed by atoms with E-state index in [1.807, 2.05) is 0 Å². The molecule has 1 saturated heterocycles. The third-order valence-corrected chi connectivity index (χ3v) is 4.69. The lowest BCUT2D eigenvalue weighted by molar-refractivity contribution is 0.0240. The van der Waals surface area contributed by atoms with Crippen molar-refractivity contribution in [2.75, 3.05) is 19.6 Å². The summed E-state index contributed by atoms with van der Waals surface area (Å²) in [6.45, 7) is 13.2. The zero-order valence-electron chi connectivity index (χ0n) is 12.2. The van der Waals surface area contributed by atoms with Crippen molar-refractivity contribution in [1.82, 2.24) is 10.2 Å². The monoisotopic (exact) mass is 238 g/mol. The minimum Gasteiger partial charge on any atom is -0.308 e. The molecule has 1 atom stereocenters. The molecule has 17 heavy (non-hydrogen) atoms. The molecule has 0 aromatic carbocycles. The van der Waals surface area contributed by atoms with Gasteiger partial charge in [0.2, 0.25) is 0 Å². The van der Waals surface area contributed by atoms with Crippen LogP contribution in [-0.2, 0) is 0 Å². The fourth-order valence-electron chi connectivity index (χ4n) is 3.76. The molecule has 1 heterocycles. The molecule has 2 nitrogen and oxygen atoms in total. The van der Waals surface area contributed by atoms with Crippen LogP contribution in [-0.4, -0.2) is 36.1 Å². The van der Waals surface area contributed by atoms with E-state index in [4.69, 9.17) is 0 Å². The minimum atomic E-state index is 0.391. The maximum absolute atomic E-state index is 3.90. The number of nitrogens with one attached hydrogen (secondary N) is 1. The minimum absolute atomic E-state index is 0.391. The van der Waals surface area contributed by atoms with Crippen LogP contribution < -0.4 is 5.32 Å². The summed E-state index contributed by atoms with van der Waals surface area (Å²) in [7, 11) is 0. The summed E-state index contributed by atoms with van der Waals surface area (Å²) >= 11 is 0. The van der Waals surface area contributed by atoms with Gasteiger partial charge < -0.3 is 5.32 Å². The number of hydrogen-bond donors (Lipinski definition) is 1. The quantitative estimate of drug-likeness (QED) is 0.795. The molecule has 1 aliphatic carbocycles. The van der Waals surface area contributed by atoms with Crippen LogP contribution in [0.25, 0.3) is 0 Å². The van der Waals surface area contributed by atoms with E-state index in [2.05, 4.69) is 37.9 Å². The van der Waals surface area contributed by atoms with Crippen LogP contribution in [0.4, 0.5) is 0 Å². The first-order valence-electron chi connectivity index (χ1n) is 7.46. The largest absolute Gasteiger partial charge is 0.308 e. The van der Waals surface area contributed by atoms with Crippen LogP contribution in [0.1, 0.15) is 59.8 Å². The van der Waals surface area contributed by atoms with Crippen molar-refractivity contribution < 1.29 is 0 Å². The van der Waals surface area contributed by atoms with Gasteiger partial charge in [0.15, 0.2) is 0 Å². The van der Waals surface area contributed by atoms with Gasteiger partial charge in [0.1, 0.15) is 0 Å². The lowest BCUT2D eigenvalue weighted by atomic mass is 9.81. The van der Waals surface area contributed by atoms with Crippen molar-refractivity contribution >= 4 is 0 Å². The first-order chi connectivity index (χ1) is 7.97. The first kappa shape index (κ1) is 13.4. The molecule has 0 radical (unpaired) electrons. The van der Waals surface area contributed by atoms with E-state index in [0.717, 1.165) is 0 Å². The highest BCUT2D eigenvalue weighted by molar-refractivity contribution is 5.03. The second-order valence-corrected chi connectivity index (χ2v) is 7.22. The summed E-state index contributed by atoms with van der Waals surface area (Å²) in [6.07, 6.45) is 6.91. The molecule has 2 rings (SSSR count). The highest BCUT2D eigenvalue weighted by Gasteiger charge is 2.43. The maximum atomic E-state index is 3.90. The first-order valence-corrected chi connectivity index (χ1v) is 7.46. The van der Waals surface area contributed by atoms with Crippen LogP contribution in [0.3, 0.4) is 0 Å². The Balaban J connectivity index is 2.07. The highest BCUT2D eigenvalue weighted by atomic mass is 15.3. The number of piperazine rings is 1. The molecular formula is C15H30N2. The average Bonchev–Trinajstić information content (AvgIpc) is 2.65. The van der Waals surface area contributed by atoms with Crippen LogP contribution >= 0.6 is 0 Å². The molecule has 0 aromatic rings. The van der Waals surface area contributed by atoms with Crippen molar-refractivity contribution in [2.45, 2.75) is 71.4 Å². The molecular weight excluding hydrogens is 208 g/mol. The van der Waals surface area contributed by atoms with E-state index < -0.39 is 0 Å². The summed E-state index contributed by atoms with van der Waals surface area (Å²) < 4.78 is 0. The van der Waals surface area contributed by atoms with E-state index in [1.165, 1.54) is 51.7 Å². The van der Waals surface area contributed by atoms with Gasteiger partial charge in [-0.1, -0.05) is 40.5 Å². The second-order valence-electron chi connectivity index (χ2n) is 7.22. The van der Waals surface area contributed by atoms with Gasteiger partial charge >= 0.3 is 0 Å². The fourth-order valence-corrected chi connectivity index (χ4v) is 3.76. The van der Waals surface area contributed by atoms with E-state index >= 15 is 0 Å². The van der Waals surface area contributed by atoms with Crippen molar-refractivity contribution in [3.8, 4) is 0 Å². The molecule has 0 bridgehead atoms. The SMILES string of the molecule is CCCN1CC2(CCCC2)NCC1C(C)(C)C. The Morgan fingerprint density at radius 2 is 1.88 bits per heavy atom. The summed E-state index contributed by atoms with van der Waals surface area (Å²) in [5.74, 6) is 0. The summed E-state index contributed by atoms with van der Waals surface area (Å²) in [4.78, 5) is 2.77. The zero-order valence-corrected chi connectivity index (χ0v) is 12.2. The van der Waals surface area contributed by atoms with Gasteiger partial charge in [-0.3, -0.25) is 4.90 Å². The van der Waals surface area contributed by atoms with Crippen LogP contribution in [0, 0.1) is 5.41 Å². The van der Waals surface area contributed by atoms with Crippen molar-refractivity contribution in [3.05, 3.63) is 0 Å². The molecule has 2 heteroatoms. The maximum Gasteiger partial charge on any atom is 0.0309 e. The predicted octanol–water partition coefficient (Wildman–Crippen LogP) is 3.03. The Morgan fingerprint density at radius 3 is 2.41 bits per heavy atom. The topological polar surface area (TPSA) is 15.3 Å². The molecule has 1 spiro atoms. The van der Waals surface area contributed by atoms with Crippen molar-refractivity contribution in [3.63, 3.8) is 0 Å². The summed E-state index contributed by atoms with van der Waals surface area (Å²) in [5, 5.41) is 3.90. The summed E-state index contributed by atoms with van der Waals surface area (Å²) in [6, 6.07) is 0.702. The van der Waals surface area contributed by atoms with E-state index in [1.54, 1.807) is 0 Å². The third-order valence-electron chi connectivity index (χ3n) is 4.69. The van der Waals surface area contributed by atoms with Crippen LogP contribution in [0.15, 0.2) is 0 Å². The number of hydrogen-bond acceptors (Lipinski definition) is 2. The standard InChI is InChI=1S/C15H30N2/c1-5-10-17-12-15(8-6-7-9-15)16-11-13(17)14(2,3)4/h13,16H,5-12H2,1-4H3. The molecule has 1 saturated carbocycles. The normalized spacial score (nSPS) is 30.0. The average molecular weight is 238 g/mol. The molecule has 1 unspecified atom stereocenters. The van der Waals surface area contributed by atoms with Gasteiger partial charge in [-0.2, -0.15) is 0 Å². The number of rotatable bonds is 2. The van der Waals surface area contributed by atoms with Gasteiger partial charge in [-0.05, 0) is 31.2 Å². The Labute approximate surface area is 107 Å². The van der Waals surface area contributed by atoms with Crippen LogP contribution in [0.2, 0.25) is 0 Å². The fraction of sp³-hybridized carbons (Fsp3) is 1.00. The van der Waals surface area contributed by atoms with E-state index in [0.29, 0.717) is 17.0 Å². The molecule has 0 aromatic heterocycles. The second kappa shape index (κ2) is 4.89. The van der Waals surface area contributed by atoms with Gasteiger partial charge in [0.05, 0.1) is 0 Å². The Bertz CT molecular complexity index is 248. The molecule has 1 aliphatic heterocycles. The molecule has 0 amide bonds. The number of nitrogens with zero attached hydrogens (tertiary/aromatic N) is 1. The van der Waals surface area contributed by atoms with Gasteiger partial charge in [0.25, 0.3) is 0 Å². The Hall–Kier alpha value is -0.0800. The van der Waals surface area contributed by atoms with E-state index in [9.17, 15) is 0 Å².